The average molecular weight is 431 g/mol. The zero-order valence-electron chi connectivity index (χ0n) is 17.2. The number of halogens is 1. The number of ether oxygens (including phenoxy) is 3. The van der Waals surface area contributed by atoms with Crippen LogP contribution in [0.1, 0.15) is 36.9 Å². The summed E-state index contributed by atoms with van der Waals surface area (Å²) >= 11 is 6.30. The maximum absolute atomic E-state index is 12.4. The quantitative estimate of drug-likeness (QED) is 0.399. The first kappa shape index (κ1) is 21.5. The Morgan fingerprint density at radius 1 is 1.27 bits per heavy atom. The molecule has 1 heterocycles. The van der Waals surface area contributed by atoms with Crippen LogP contribution >= 0.6 is 11.6 Å². The minimum absolute atomic E-state index is 0.0522. The molecule has 30 heavy (non-hydrogen) atoms. The molecule has 2 aromatic carbocycles. The molecule has 0 spiro atoms. The molecule has 0 aliphatic rings. The van der Waals surface area contributed by atoms with Crippen LogP contribution in [-0.4, -0.2) is 31.9 Å². The van der Waals surface area contributed by atoms with E-state index in [1.807, 2.05) is 26.8 Å². The fourth-order valence-electron chi connectivity index (χ4n) is 2.77. The predicted octanol–water partition coefficient (Wildman–Crippen LogP) is 5.04. The van der Waals surface area contributed by atoms with Gasteiger partial charge in [0.2, 0.25) is 0 Å². The van der Waals surface area contributed by atoms with Gasteiger partial charge in [0, 0.05) is 5.39 Å². The van der Waals surface area contributed by atoms with Crippen molar-refractivity contribution in [3.8, 4) is 17.2 Å². The number of hydrogen-bond acceptors (Lipinski definition) is 6. The van der Waals surface area contributed by atoms with Gasteiger partial charge in [-0.15, -0.1) is 0 Å². The van der Waals surface area contributed by atoms with Gasteiger partial charge in [-0.3, -0.25) is 4.79 Å². The summed E-state index contributed by atoms with van der Waals surface area (Å²) < 4.78 is 22.1. The van der Waals surface area contributed by atoms with E-state index in [0.29, 0.717) is 40.0 Å². The van der Waals surface area contributed by atoms with Gasteiger partial charge in [0.15, 0.2) is 17.3 Å². The van der Waals surface area contributed by atoms with E-state index in [2.05, 4.69) is 10.5 Å². The molecular formula is C22H23ClN2O5. The summed E-state index contributed by atoms with van der Waals surface area (Å²) in [7, 11) is 1.53. The molecular weight excluding hydrogens is 408 g/mol. The molecule has 0 saturated carbocycles. The third kappa shape index (κ3) is 5.04. The molecule has 0 aliphatic carbocycles. The van der Waals surface area contributed by atoms with Crippen molar-refractivity contribution >= 4 is 34.7 Å². The summed E-state index contributed by atoms with van der Waals surface area (Å²) in [6.07, 6.45) is 1.41. The summed E-state index contributed by atoms with van der Waals surface area (Å²) in [6, 6.07) is 10.4. The van der Waals surface area contributed by atoms with Crippen LogP contribution < -0.4 is 19.6 Å². The molecule has 7 nitrogen and oxygen atoms in total. The Balaban J connectivity index is 1.72. The molecule has 0 fully saturated rings. The molecule has 3 rings (SSSR count). The number of hydrogen-bond donors (Lipinski definition) is 1. The first-order valence-corrected chi connectivity index (χ1v) is 9.83. The molecule has 0 radical (unpaired) electrons. The fraction of sp³-hybridized carbons (Fsp3) is 0.273. The van der Waals surface area contributed by atoms with E-state index >= 15 is 0 Å². The molecule has 0 saturated heterocycles. The van der Waals surface area contributed by atoms with Gasteiger partial charge in [-0.05, 0) is 62.7 Å². The van der Waals surface area contributed by atoms with Crippen molar-refractivity contribution in [3.63, 3.8) is 0 Å². The second-order valence-electron chi connectivity index (χ2n) is 6.64. The van der Waals surface area contributed by atoms with Gasteiger partial charge in [-0.25, -0.2) is 5.43 Å². The van der Waals surface area contributed by atoms with Crippen LogP contribution in [0.2, 0.25) is 5.02 Å². The predicted molar refractivity (Wildman–Crippen MR) is 116 cm³/mol. The highest BCUT2D eigenvalue weighted by atomic mass is 35.5. The molecule has 3 aromatic rings. The van der Waals surface area contributed by atoms with Gasteiger partial charge in [-0.1, -0.05) is 11.6 Å². The Hall–Kier alpha value is -3.19. The van der Waals surface area contributed by atoms with Gasteiger partial charge in [-0.2, -0.15) is 5.10 Å². The third-order valence-corrected chi connectivity index (χ3v) is 4.29. The lowest BCUT2D eigenvalue weighted by Crippen LogP contribution is -2.16. The highest BCUT2D eigenvalue weighted by Crippen LogP contribution is 2.36. The van der Waals surface area contributed by atoms with Crippen molar-refractivity contribution in [3.05, 3.63) is 52.7 Å². The number of methoxy groups -OCH3 is 1. The lowest BCUT2D eigenvalue weighted by Gasteiger charge is -2.15. The second-order valence-corrected chi connectivity index (χ2v) is 7.05. The summed E-state index contributed by atoms with van der Waals surface area (Å²) in [5.41, 5.74) is 3.67. The zero-order valence-corrected chi connectivity index (χ0v) is 17.9. The number of furan rings is 1. The number of carbonyl (C=O) groups is 1. The molecule has 0 bridgehead atoms. The topological polar surface area (TPSA) is 82.3 Å². The third-order valence-electron chi connectivity index (χ3n) is 4.01. The maximum atomic E-state index is 12.4. The molecule has 0 atom stereocenters. The number of amides is 1. The lowest BCUT2D eigenvalue weighted by atomic mass is 10.2. The molecule has 1 N–H and O–H groups in total. The summed E-state index contributed by atoms with van der Waals surface area (Å²) in [4.78, 5) is 12.4. The monoisotopic (exact) mass is 430 g/mol. The standard InChI is InChI=1S/C22H23ClN2O5/c1-5-28-16-6-7-18-15(10-16)11-20(30-18)22(26)25-24-12-14-8-17(23)21(29-13(2)3)19(9-14)27-4/h6-13H,5H2,1-4H3,(H,25,26)/b24-12+. The van der Waals surface area contributed by atoms with E-state index in [0.717, 1.165) is 5.39 Å². The Morgan fingerprint density at radius 3 is 2.77 bits per heavy atom. The van der Waals surface area contributed by atoms with Crippen LogP contribution in [0.25, 0.3) is 11.0 Å². The van der Waals surface area contributed by atoms with E-state index in [1.165, 1.54) is 13.3 Å². The van der Waals surface area contributed by atoms with E-state index in [1.54, 1.807) is 30.3 Å². The normalized spacial score (nSPS) is 11.3. The number of fused-ring (bicyclic) bond motifs is 1. The molecule has 0 aliphatic heterocycles. The Labute approximate surface area is 179 Å². The van der Waals surface area contributed by atoms with Crippen LogP contribution in [0.3, 0.4) is 0 Å². The van der Waals surface area contributed by atoms with Crippen LogP contribution in [0.5, 0.6) is 17.2 Å². The number of nitrogens with zero attached hydrogens (tertiary/aromatic N) is 1. The second kappa shape index (κ2) is 9.54. The van der Waals surface area contributed by atoms with Crippen LogP contribution in [0, 0.1) is 0 Å². The zero-order chi connectivity index (χ0) is 21.7. The van der Waals surface area contributed by atoms with Crippen molar-refractivity contribution in [1.82, 2.24) is 5.43 Å². The summed E-state index contributed by atoms with van der Waals surface area (Å²) in [5, 5.41) is 5.14. The fourth-order valence-corrected chi connectivity index (χ4v) is 3.04. The van der Waals surface area contributed by atoms with E-state index in [9.17, 15) is 4.79 Å². The van der Waals surface area contributed by atoms with E-state index in [4.69, 9.17) is 30.2 Å². The number of hydrazone groups is 1. The minimum Gasteiger partial charge on any atom is -0.494 e. The van der Waals surface area contributed by atoms with Crippen molar-refractivity contribution in [2.75, 3.05) is 13.7 Å². The van der Waals surface area contributed by atoms with Crippen LogP contribution in [0.4, 0.5) is 0 Å². The first-order chi connectivity index (χ1) is 14.4. The first-order valence-electron chi connectivity index (χ1n) is 9.45. The number of carbonyl (C=O) groups excluding carboxylic acids is 1. The molecule has 1 amide bonds. The summed E-state index contributed by atoms with van der Waals surface area (Å²) in [6.45, 7) is 6.27. The van der Waals surface area contributed by atoms with E-state index < -0.39 is 5.91 Å². The van der Waals surface area contributed by atoms with Gasteiger partial charge >= 0.3 is 5.91 Å². The Bertz CT molecular complexity index is 1070. The van der Waals surface area contributed by atoms with Crippen LogP contribution in [0.15, 0.2) is 45.9 Å². The van der Waals surface area contributed by atoms with Gasteiger partial charge in [0.1, 0.15) is 11.3 Å². The minimum atomic E-state index is -0.474. The molecule has 1 aromatic heterocycles. The van der Waals surface area contributed by atoms with Crippen LogP contribution in [-0.2, 0) is 0 Å². The highest BCUT2D eigenvalue weighted by molar-refractivity contribution is 6.32. The largest absolute Gasteiger partial charge is 0.494 e. The Morgan fingerprint density at radius 2 is 2.07 bits per heavy atom. The van der Waals surface area contributed by atoms with Gasteiger partial charge < -0.3 is 18.6 Å². The summed E-state index contributed by atoms with van der Waals surface area (Å²) in [5.74, 6) is 1.33. The van der Waals surface area contributed by atoms with Gasteiger partial charge in [0.05, 0.1) is 31.1 Å². The van der Waals surface area contributed by atoms with Gasteiger partial charge in [0.25, 0.3) is 0 Å². The van der Waals surface area contributed by atoms with Crippen molar-refractivity contribution in [2.45, 2.75) is 26.9 Å². The SMILES string of the molecule is CCOc1ccc2oc(C(=O)N/N=C/c3cc(Cl)c(OC(C)C)c(OC)c3)cc2c1. The lowest BCUT2D eigenvalue weighted by molar-refractivity contribution is 0.0929. The smallest absolute Gasteiger partial charge is 0.307 e. The number of benzene rings is 2. The van der Waals surface area contributed by atoms with Crippen molar-refractivity contribution in [1.29, 1.82) is 0 Å². The number of nitrogens with one attached hydrogen (secondary N) is 1. The molecule has 8 heteroatoms. The molecule has 158 valence electrons. The van der Waals surface area contributed by atoms with Crippen molar-refractivity contribution in [2.24, 2.45) is 5.10 Å². The highest BCUT2D eigenvalue weighted by Gasteiger charge is 2.14. The number of rotatable bonds is 8. The average Bonchev–Trinajstić information content (AvgIpc) is 3.13. The van der Waals surface area contributed by atoms with Crippen molar-refractivity contribution < 1.29 is 23.4 Å². The maximum Gasteiger partial charge on any atom is 0.307 e. The molecule has 0 unspecified atom stereocenters. The van der Waals surface area contributed by atoms with E-state index in [-0.39, 0.29) is 11.9 Å². The Kier molecular flexibility index (Phi) is 6.84.